The molecule has 0 fully saturated rings. The first kappa shape index (κ1) is 111. The van der Waals surface area contributed by atoms with Gasteiger partial charge in [-0.15, -0.1) is 0 Å². The summed E-state index contributed by atoms with van der Waals surface area (Å²) in [5.74, 6) is 0. The molecule has 0 nitrogen and oxygen atoms in total. The van der Waals surface area contributed by atoms with Gasteiger partial charge in [-0.2, -0.15) is 0 Å². The second-order valence-corrected chi connectivity index (χ2v) is 0. The van der Waals surface area contributed by atoms with E-state index >= 15 is 0 Å². The molecule has 0 spiro atoms. The van der Waals surface area contributed by atoms with Gasteiger partial charge in [0.1, 0.15) is 0 Å². The summed E-state index contributed by atoms with van der Waals surface area (Å²) in [6.45, 7) is 0. The van der Waals surface area contributed by atoms with Crippen LogP contribution in [0.4, 0.5) is 0 Å². The zero-order chi connectivity index (χ0) is 0. The average molecular weight is 1020 g/mol. The maximum absolute atomic E-state index is 0. The van der Waals surface area contributed by atoms with E-state index in [0.29, 0.717) is 0 Å². The summed E-state index contributed by atoms with van der Waals surface area (Å²) in [6, 6.07) is 0. The molecule has 0 unspecified atom stereocenters. The summed E-state index contributed by atoms with van der Waals surface area (Å²) in [4.78, 5) is 0. The van der Waals surface area contributed by atoms with E-state index in [2.05, 4.69) is 0 Å². The van der Waals surface area contributed by atoms with Crippen molar-refractivity contribution in [2.45, 2.75) is 0 Å². The molecule has 0 rings (SSSR count). The van der Waals surface area contributed by atoms with E-state index in [1.165, 1.54) is 0 Å². The molecule has 0 aromatic carbocycles. The predicted molar refractivity (Wildman–Crippen MR) is 88.1 cm³/mol. The summed E-state index contributed by atoms with van der Waals surface area (Å²) in [5, 5.41) is 0. The van der Waals surface area contributed by atoms with Gasteiger partial charge in [-0.05, 0) is 0 Å². The Balaban J connectivity index is 0. The topological polar surface area (TPSA) is 0 Å². The molecule has 12 heavy (non-hydrogen) atoms. The molecule has 0 aliphatic heterocycles. The molecule has 0 amide bonds. The van der Waals surface area contributed by atoms with Gasteiger partial charge in [-0.3, -0.25) is 0 Å². The Labute approximate surface area is 235 Å². The van der Waals surface area contributed by atoms with Crippen LogP contribution in [0.3, 0.4) is 0 Å². The van der Waals surface area contributed by atoms with Gasteiger partial charge >= 0.3 is 186 Å². The molecule has 0 aromatic rings. The first-order chi connectivity index (χ1) is 0. The molecule has 0 atom stereocenters. The van der Waals surface area contributed by atoms with E-state index in [1.54, 1.807) is 0 Å². The van der Waals surface area contributed by atoms with Crippen molar-refractivity contribution >= 4 is 241 Å². The molecule has 0 heterocycles. The van der Waals surface area contributed by atoms with Crippen molar-refractivity contribution in [1.29, 1.82) is 0 Å². The Kier molecular flexibility index (Phi) is 883. The van der Waals surface area contributed by atoms with E-state index in [1.807, 2.05) is 0 Å². The van der Waals surface area contributed by atoms with Crippen LogP contribution in [0.5, 0.6) is 0 Å². The van der Waals surface area contributed by atoms with Gasteiger partial charge in [-0.1, -0.05) is 0 Å². The van der Waals surface area contributed by atoms with Crippen LogP contribution in [-0.2, 0) is 0 Å². The summed E-state index contributed by atoms with van der Waals surface area (Å²) in [7, 11) is 0. The molecule has 0 saturated heterocycles. The second kappa shape index (κ2) is 95.1. The van der Waals surface area contributed by atoms with Crippen LogP contribution in [-0.4, -0.2) is 222 Å². The normalized spacial score (nSPS) is 0. The van der Waals surface area contributed by atoms with Crippen LogP contribution in [0.25, 0.3) is 0 Å². The van der Waals surface area contributed by atoms with Gasteiger partial charge in [0.2, 0.25) is 0 Å². The minimum absolute atomic E-state index is 0. The van der Waals surface area contributed by atoms with E-state index in [0.717, 1.165) is 0 Å². The summed E-state index contributed by atoms with van der Waals surface area (Å²) < 4.78 is 0. The molecular weight excluding hydrogens is 1010 g/mol. The monoisotopic (exact) mass is 1020 g/mol. The minimum atomic E-state index is 0. The molecule has 0 N–H and O–H groups in total. The Hall–Kier alpha value is 8.13. The van der Waals surface area contributed by atoms with Crippen LogP contribution in [0, 0.1) is 0 Å². The van der Waals surface area contributed by atoms with Crippen molar-refractivity contribution in [2.24, 2.45) is 0 Å². The van der Waals surface area contributed by atoms with Gasteiger partial charge in [0.15, 0.2) is 0 Å². The predicted octanol–water partition coefficient (Wildman–Crippen LogP) is -5.30. The molecule has 0 aromatic heterocycles. The first-order valence-electron chi connectivity index (χ1n) is 0. The van der Waals surface area contributed by atoms with Crippen LogP contribution < -0.4 is 0 Å². The van der Waals surface area contributed by atoms with Crippen molar-refractivity contribution < 1.29 is 0 Å². The van der Waals surface area contributed by atoms with Gasteiger partial charge in [0, 0.05) is 0 Å². The zero-order valence-electron chi connectivity index (χ0n) is 5.25. The zero-order valence-corrected chi connectivity index (χ0v) is 28.0. The summed E-state index contributed by atoms with van der Waals surface area (Å²) in [5.41, 5.74) is 0. The van der Waals surface area contributed by atoms with Gasteiger partial charge in [0.05, 0.1) is 0 Å². The van der Waals surface area contributed by atoms with Crippen molar-refractivity contribution in [3.8, 4) is 0 Å². The Morgan fingerprint density at radius 1 is 0.417 bits per heavy atom. The van der Waals surface area contributed by atoms with E-state index < -0.39 is 0 Å². The number of hydrogen-bond acceptors (Lipinski definition) is 0. The molecule has 0 radical (unpaired) electrons. The fourth-order valence-corrected chi connectivity index (χ4v) is 0. The number of hydrogen-bond donors (Lipinski definition) is 0. The van der Waals surface area contributed by atoms with Crippen molar-refractivity contribution in [1.82, 2.24) is 0 Å². The molecular formula is H12As2Ga3In3P2Sb2. The van der Waals surface area contributed by atoms with Crippen LogP contribution in [0.1, 0.15) is 0 Å². The third-order valence-electron chi connectivity index (χ3n) is 0. The molecule has 0 bridgehead atoms. The van der Waals surface area contributed by atoms with Crippen molar-refractivity contribution in [2.75, 3.05) is 0 Å². The van der Waals surface area contributed by atoms with Gasteiger partial charge < -0.3 is 55.7 Å². The molecule has 60 valence electrons. The van der Waals surface area contributed by atoms with E-state index in [9.17, 15) is 0 Å². The molecule has 0 aliphatic carbocycles. The van der Waals surface area contributed by atoms with Crippen LogP contribution in [0.15, 0.2) is 0 Å². The van der Waals surface area contributed by atoms with Gasteiger partial charge in [-0.25, -0.2) is 0 Å². The van der Waals surface area contributed by atoms with Crippen LogP contribution in [0.2, 0.25) is 0 Å². The Morgan fingerprint density at radius 3 is 0.417 bits per heavy atom. The van der Waals surface area contributed by atoms with E-state index in [-0.39, 0.29) is 241 Å². The third-order valence-corrected chi connectivity index (χ3v) is 0. The SMILES string of the molecule is [As-3].[As-3].[Ga+3].[Ga+3].[Ga+3].[In+3].[In+3].[In+3].[P-3].[P-3].[SbH6-3].[SbH6-3]. The Morgan fingerprint density at radius 2 is 0.417 bits per heavy atom. The third kappa shape index (κ3) is 80.5. The summed E-state index contributed by atoms with van der Waals surface area (Å²) in [6.07, 6.45) is 0. The summed E-state index contributed by atoms with van der Waals surface area (Å²) >= 11 is 0. The van der Waals surface area contributed by atoms with E-state index in [4.69, 9.17) is 0 Å². The quantitative estimate of drug-likeness (QED) is 0.169. The second-order valence-electron chi connectivity index (χ2n) is 0. The fraction of sp³-hybridized carbons (Fsp3) is 0. The first-order valence-corrected chi connectivity index (χ1v) is 0. The standard InChI is InChI=1S/2As.3Ga.3In.2P.2Sb.12H/q2*-3;6*+3;4*-3;;;;;;;;;;;;. The van der Waals surface area contributed by atoms with Crippen molar-refractivity contribution in [3.05, 3.63) is 0 Å². The molecule has 12 heteroatoms. The fourth-order valence-electron chi connectivity index (χ4n) is 0. The average Bonchev–Trinajstić information content (AvgIpc) is 0. The molecule has 0 saturated carbocycles. The van der Waals surface area contributed by atoms with Crippen molar-refractivity contribution in [3.63, 3.8) is 0 Å². The number of rotatable bonds is 0. The Bertz CT molecular complexity index is 27.5. The van der Waals surface area contributed by atoms with Crippen LogP contribution >= 0.6 is 19.8 Å². The maximum atomic E-state index is 0. The van der Waals surface area contributed by atoms with Gasteiger partial charge in [0.25, 0.3) is 0 Å². The molecule has 0 aliphatic rings.